The van der Waals surface area contributed by atoms with E-state index in [0.717, 1.165) is 37.1 Å². The summed E-state index contributed by atoms with van der Waals surface area (Å²) in [4.78, 5) is 12.5. The molecule has 2 N–H and O–H groups in total. The first kappa shape index (κ1) is 15.2. The van der Waals surface area contributed by atoms with Crippen LogP contribution in [0.2, 0.25) is 0 Å². The molecule has 1 aliphatic heterocycles. The minimum Gasteiger partial charge on any atom is -0.385 e. The molecule has 1 aromatic rings. The van der Waals surface area contributed by atoms with Crippen molar-refractivity contribution in [2.75, 3.05) is 11.9 Å². The van der Waals surface area contributed by atoms with Gasteiger partial charge in [0.15, 0.2) is 0 Å². The van der Waals surface area contributed by atoms with Gasteiger partial charge in [-0.2, -0.15) is 0 Å². The standard InChI is InChI=1S/C16H22N2O.ClH/c1-11-5-2-8-14(11)18-16(19)13-6-3-9-15-12(13)7-4-10-17-15;/h3,6,9,11,14,17H,2,4-5,7-8,10H2,1H3,(H,18,19);1H. The first-order chi connectivity index (χ1) is 9.25. The highest BCUT2D eigenvalue weighted by Gasteiger charge is 2.26. The van der Waals surface area contributed by atoms with Crippen molar-refractivity contribution in [2.24, 2.45) is 5.92 Å². The zero-order valence-electron chi connectivity index (χ0n) is 11.9. The van der Waals surface area contributed by atoms with E-state index in [4.69, 9.17) is 0 Å². The van der Waals surface area contributed by atoms with Gasteiger partial charge >= 0.3 is 0 Å². The van der Waals surface area contributed by atoms with Crippen molar-refractivity contribution in [1.29, 1.82) is 0 Å². The smallest absolute Gasteiger partial charge is 0.251 e. The first-order valence-corrected chi connectivity index (χ1v) is 7.42. The summed E-state index contributed by atoms with van der Waals surface area (Å²) in [5.41, 5.74) is 3.19. The number of hydrogen-bond acceptors (Lipinski definition) is 2. The van der Waals surface area contributed by atoms with Crippen LogP contribution in [0.25, 0.3) is 0 Å². The van der Waals surface area contributed by atoms with Gasteiger partial charge in [-0.3, -0.25) is 4.79 Å². The molecule has 2 unspecified atom stereocenters. The molecule has 1 saturated carbocycles. The quantitative estimate of drug-likeness (QED) is 0.878. The molecule has 20 heavy (non-hydrogen) atoms. The molecule has 4 heteroatoms. The summed E-state index contributed by atoms with van der Waals surface area (Å²) in [6.07, 6.45) is 5.71. The van der Waals surface area contributed by atoms with Gasteiger partial charge in [0, 0.05) is 23.8 Å². The van der Waals surface area contributed by atoms with Gasteiger partial charge in [-0.05, 0) is 49.3 Å². The van der Waals surface area contributed by atoms with Crippen LogP contribution in [-0.4, -0.2) is 18.5 Å². The van der Waals surface area contributed by atoms with Crippen molar-refractivity contribution in [3.63, 3.8) is 0 Å². The third-order valence-corrected chi connectivity index (χ3v) is 4.52. The second kappa shape index (κ2) is 6.49. The van der Waals surface area contributed by atoms with E-state index >= 15 is 0 Å². The van der Waals surface area contributed by atoms with E-state index in [0.29, 0.717) is 12.0 Å². The van der Waals surface area contributed by atoms with Crippen molar-refractivity contribution in [3.8, 4) is 0 Å². The fourth-order valence-corrected chi connectivity index (χ4v) is 3.33. The molecule has 1 amide bonds. The predicted octanol–water partition coefficient (Wildman–Crippen LogP) is 3.38. The zero-order valence-corrected chi connectivity index (χ0v) is 12.8. The van der Waals surface area contributed by atoms with E-state index in [1.807, 2.05) is 12.1 Å². The number of nitrogens with one attached hydrogen (secondary N) is 2. The highest BCUT2D eigenvalue weighted by atomic mass is 35.5. The van der Waals surface area contributed by atoms with Crippen LogP contribution in [-0.2, 0) is 6.42 Å². The van der Waals surface area contributed by atoms with Crippen molar-refractivity contribution in [1.82, 2.24) is 5.32 Å². The third kappa shape index (κ3) is 2.93. The van der Waals surface area contributed by atoms with Crippen LogP contribution in [0.3, 0.4) is 0 Å². The van der Waals surface area contributed by atoms with Crippen LogP contribution in [0.1, 0.15) is 48.5 Å². The summed E-state index contributed by atoms with van der Waals surface area (Å²) in [5, 5.41) is 6.61. The van der Waals surface area contributed by atoms with Gasteiger partial charge in [-0.15, -0.1) is 12.4 Å². The van der Waals surface area contributed by atoms with Gasteiger partial charge in [0.05, 0.1) is 0 Å². The van der Waals surface area contributed by atoms with Crippen LogP contribution in [0.4, 0.5) is 5.69 Å². The molecule has 3 rings (SSSR count). The summed E-state index contributed by atoms with van der Waals surface area (Å²) >= 11 is 0. The summed E-state index contributed by atoms with van der Waals surface area (Å²) in [5.74, 6) is 0.723. The minimum atomic E-state index is 0. The molecule has 1 fully saturated rings. The summed E-state index contributed by atoms with van der Waals surface area (Å²) < 4.78 is 0. The lowest BCUT2D eigenvalue weighted by Crippen LogP contribution is -2.37. The Kier molecular flexibility index (Phi) is 4.92. The molecule has 1 aromatic carbocycles. The normalized spacial score (nSPS) is 24.2. The maximum atomic E-state index is 12.5. The maximum Gasteiger partial charge on any atom is 0.251 e. The summed E-state index contributed by atoms with van der Waals surface area (Å²) in [6.45, 7) is 3.25. The number of anilines is 1. The van der Waals surface area contributed by atoms with Gasteiger partial charge < -0.3 is 10.6 Å². The van der Waals surface area contributed by atoms with Gasteiger partial charge in [-0.25, -0.2) is 0 Å². The minimum absolute atomic E-state index is 0. The molecule has 0 saturated heterocycles. The van der Waals surface area contributed by atoms with Crippen molar-refractivity contribution < 1.29 is 4.79 Å². The highest BCUT2D eigenvalue weighted by molar-refractivity contribution is 5.97. The third-order valence-electron chi connectivity index (χ3n) is 4.52. The molecular weight excluding hydrogens is 272 g/mol. The Morgan fingerprint density at radius 1 is 1.30 bits per heavy atom. The average molecular weight is 295 g/mol. The second-order valence-electron chi connectivity index (χ2n) is 5.85. The molecule has 0 spiro atoms. The number of benzene rings is 1. The second-order valence-corrected chi connectivity index (χ2v) is 5.85. The van der Waals surface area contributed by atoms with Crippen molar-refractivity contribution in [2.45, 2.75) is 45.1 Å². The fraction of sp³-hybridized carbons (Fsp3) is 0.562. The number of carbonyl (C=O) groups is 1. The Hall–Kier alpha value is -1.22. The molecule has 0 radical (unpaired) electrons. The van der Waals surface area contributed by atoms with Crippen molar-refractivity contribution in [3.05, 3.63) is 29.3 Å². The lowest BCUT2D eigenvalue weighted by Gasteiger charge is -2.22. The largest absolute Gasteiger partial charge is 0.385 e. The van der Waals surface area contributed by atoms with Crippen molar-refractivity contribution >= 4 is 24.0 Å². The monoisotopic (exact) mass is 294 g/mol. The number of carbonyl (C=O) groups excluding carboxylic acids is 1. The highest BCUT2D eigenvalue weighted by Crippen LogP contribution is 2.28. The van der Waals surface area contributed by atoms with Crippen LogP contribution >= 0.6 is 12.4 Å². The van der Waals surface area contributed by atoms with E-state index in [2.05, 4.69) is 23.6 Å². The fourth-order valence-electron chi connectivity index (χ4n) is 3.33. The number of amides is 1. The van der Waals surface area contributed by atoms with Gasteiger partial charge in [0.2, 0.25) is 0 Å². The number of fused-ring (bicyclic) bond motifs is 1. The number of hydrogen-bond donors (Lipinski definition) is 2. The molecule has 3 nitrogen and oxygen atoms in total. The Morgan fingerprint density at radius 3 is 2.90 bits per heavy atom. The van der Waals surface area contributed by atoms with E-state index in [-0.39, 0.29) is 18.3 Å². The molecule has 0 aromatic heterocycles. The van der Waals surface area contributed by atoms with Gasteiger partial charge in [0.1, 0.15) is 0 Å². The molecule has 110 valence electrons. The van der Waals surface area contributed by atoms with Crippen LogP contribution in [0, 0.1) is 5.92 Å². The van der Waals surface area contributed by atoms with Crippen LogP contribution in [0.5, 0.6) is 0 Å². The molecule has 2 aliphatic rings. The van der Waals surface area contributed by atoms with Gasteiger partial charge in [-0.1, -0.05) is 19.4 Å². The zero-order chi connectivity index (χ0) is 13.2. The Balaban J connectivity index is 0.00000147. The van der Waals surface area contributed by atoms with E-state index in [1.54, 1.807) is 0 Å². The number of halogens is 1. The molecule has 2 atom stereocenters. The van der Waals surface area contributed by atoms with Crippen LogP contribution in [0.15, 0.2) is 18.2 Å². The Morgan fingerprint density at radius 2 is 2.15 bits per heavy atom. The Labute approximate surface area is 126 Å². The van der Waals surface area contributed by atoms with Crippen LogP contribution < -0.4 is 10.6 Å². The lowest BCUT2D eigenvalue weighted by atomic mass is 9.96. The van der Waals surface area contributed by atoms with Gasteiger partial charge in [0.25, 0.3) is 5.91 Å². The summed E-state index contributed by atoms with van der Waals surface area (Å²) in [6, 6.07) is 6.37. The summed E-state index contributed by atoms with van der Waals surface area (Å²) in [7, 11) is 0. The van der Waals surface area contributed by atoms with E-state index < -0.39 is 0 Å². The van der Waals surface area contributed by atoms with E-state index in [1.165, 1.54) is 18.4 Å². The number of rotatable bonds is 2. The predicted molar refractivity (Wildman–Crippen MR) is 84.8 cm³/mol. The SMILES string of the molecule is CC1CCCC1NC(=O)c1cccc2c1CCCN2.Cl. The molecule has 1 heterocycles. The molecule has 0 bridgehead atoms. The average Bonchev–Trinajstić information content (AvgIpc) is 2.83. The topological polar surface area (TPSA) is 41.1 Å². The molecule has 1 aliphatic carbocycles. The first-order valence-electron chi connectivity index (χ1n) is 7.42. The van der Waals surface area contributed by atoms with E-state index in [9.17, 15) is 4.79 Å². The lowest BCUT2D eigenvalue weighted by molar-refractivity contribution is 0.0928. The maximum absolute atomic E-state index is 12.5. The Bertz CT molecular complexity index is 489. The molecular formula is C16H23ClN2O.